The maximum atomic E-state index is 12.1. The van der Waals surface area contributed by atoms with Crippen LogP contribution < -0.4 is 10.2 Å². The Morgan fingerprint density at radius 2 is 1.74 bits per heavy atom. The van der Waals surface area contributed by atoms with Crippen molar-refractivity contribution < 1.29 is 9.53 Å². The summed E-state index contributed by atoms with van der Waals surface area (Å²) in [5, 5.41) is 2.96. The highest BCUT2D eigenvalue weighted by Crippen LogP contribution is 2.21. The molecule has 0 radical (unpaired) electrons. The molecule has 5 nitrogen and oxygen atoms in total. The van der Waals surface area contributed by atoms with Crippen molar-refractivity contribution in [3.63, 3.8) is 0 Å². The molecule has 2 aliphatic heterocycles. The number of anilines is 2. The van der Waals surface area contributed by atoms with Crippen molar-refractivity contribution in [2.75, 3.05) is 43.0 Å². The number of carbonyl (C=O) groups excluding carboxylic acids is 1. The van der Waals surface area contributed by atoms with Crippen LogP contribution in [0.5, 0.6) is 0 Å². The number of rotatable bonds is 5. The van der Waals surface area contributed by atoms with Gasteiger partial charge in [0.1, 0.15) is 6.10 Å². The quantitative estimate of drug-likeness (QED) is 0.884. The minimum Gasteiger partial charge on any atom is -0.369 e. The van der Waals surface area contributed by atoms with Gasteiger partial charge in [-0.1, -0.05) is 30.3 Å². The van der Waals surface area contributed by atoms with Gasteiger partial charge in [0.05, 0.1) is 0 Å². The number of nitrogens with one attached hydrogen (secondary N) is 1. The average molecular weight is 365 g/mol. The molecule has 2 aromatic rings. The Balaban J connectivity index is 1.27. The topological polar surface area (TPSA) is 44.8 Å². The maximum Gasteiger partial charge on any atom is 0.253 e. The lowest BCUT2D eigenvalue weighted by atomic mass is 10.2. The molecule has 0 aliphatic carbocycles. The summed E-state index contributed by atoms with van der Waals surface area (Å²) in [6, 6.07) is 18.8. The Morgan fingerprint density at radius 1 is 1.00 bits per heavy atom. The van der Waals surface area contributed by atoms with Gasteiger partial charge >= 0.3 is 0 Å². The van der Waals surface area contributed by atoms with Crippen molar-refractivity contribution in [1.29, 1.82) is 0 Å². The van der Waals surface area contributed by atoms with Gasteiger partial charge in [-0.25, -0.2) is 0 Å². The number of amides is 1. The Morgan fingerprint density at radius 3 is 2.41 bits per heavy atom. The summed E-state index contributed by atoms with van der Waals surface area (Å²) in [5.74, 6) is -0.0326. The first-order chi connectivity index (χ1) is 13.3. The molecule has 0 saturated carbocycles. The number of carbonyl (C=O) groups is 1. The first-order valence-electron chi connectivity index (χ1n) is 9.82. The van der Waals surface area contributed by atoms with E-state index < -0.39 is 0 Å². The van der Waals surface area contributed by atoms with Crippen LogP contribution in [0.3, 0.4) is 0 Å². The van der Waals surface area contributed by atoms with E-state index in [1.54, 1.807) is 0 Å². The summed E-state index contributed by atoms with van der Waals surface area (Å²) < 4.78 is 5.43. The monoisotopic (exact) mass is 365 g/mol. The van der Waals surface area contributed by atoms with Gasteiger partial charge in [0.25, 0.3) is 5.91 Å². The van der Waals surface area contributed by atoms with E-state index in [9.17, 15) is 4.79 Å². The van der Waals surface area contributed by atoms with Crippen LogP contribution in [0.15, 0.2) is 54.6 Å². The van der Waals surface area contributed by atoms with Crippen molar-refractivity contribution >= 4 is 17.3 Å². The maximum absolute atomic E-state index is 12.1. The van der Waals surface area contributed by atoms with Crippen LogP contribution in [-0.2, 0) is 16.1 Å². The zero-order valence-electron chi connectivity index (χ0n) is 15.6. The Hall–Kier alpha value is -2.37. The second-order valence-electron chi connectivity index (χ2n) is 7.29. The summed E-state index contributed by atoms with van der Waals surface area (Å²) in [7, 11) is 0. The second-order valence-corrected chi connectivity index (χ2v) is 7.29. The lowest BCUT2D eigenvalue weighted by Crippen LogP contribution is -2.45. The van der Waals surface area contributed by atoms with Crippen LogP contribution in [0.1, 0.15) is 18.4 Å². The van der Waals surface area contributed by atoms with E-state index in [1.165, 1.54) is 11.3 Å². The fourth-order valence-corrected chi connectivity index (χ4v) is 3.77. The van der Waals surface area contributed by atoms with Crippen molar-refractivity contribution in [3.05, 3.63) is 60.2 Å². The highest BCUT2D eigenvalue weighted by Gasteiger charge is 2.23. The summed E-state index contributed by atoms with van der Waals surface area (Å²) in [6.07, 6.45) is 1.49. The number of nitrogens with zero attached hydrogens (tertiary/aromatic N) is 2. The summed E-state index contributed by atoms with van der Waals surface area (Å²) in [4.78, 5) is 17.0. The van der Waals surface area contributed by atoms with E-state index in [1.807, 2.05) is 12.1 Å². The van der Waals surface area contributed by atoms with Crippen molar-refractivity contribution in [2.45, 2.75) is 25.5 Å². The molecule has 2 fully saturated rings. The molecule has 0 aromatic heterocycles. The van der Waals surface area contributed by atoms with Crippen LogP contribution in [0.2, 0.25) is 0 Å². The van der Waals surface area contributed by atoms with E-state index >= 15 is 0 Å². The van der Waals surface area contributed by atoms with E-state index in [0.717, 1.165) is 51.3 Å². The van der Waals surface area contributed by atoms with Gasteiger partial charge in [0, 0.05) is 50.7 Å². The minimum atomic E-state index is -0.289. The van der Waals surface area contributed by atoms with Crippen LogP contribution in [-0.4, -0.2) is 49.7 Å². The molecule has 2 aromatic carbocycles. The highest BCUT2D eigenvalue weighted by atomic mass is 16.5. The largest absolute Gasteiger partial charge is 0.369 e. The van der Waals surface area contributed by atoms with Gasteiger partial charge in [0.2, 0.25) is 0 Å². The van der Waals surface area contributed by atoms with Gasteiger partial charge in [-0.05, 0) is 42.7 Å². The van der Waals surface area contributed by atoms with Gasteiger partial charge in [-0.3, -0.25) is 9.69 Å². The number of piperazine rings is 1. The molecule has 2 heterocycles. The van der Waals surface area contributed by atoms with Crippen LogP contribution >= 0.6 is 0 Å². The second kappa shape index (κ2) is 8.55. The Labute approximate surface area is 160 Å². The van der Waals surface area contributed by atoms with Gasteiger partial charge in [-0.15, -0.1) is 0 Å². The molecule has 2 aliphatic rings. The molecular formula is C22H27N3O2. The predicted octanol–water partition coefficient (Wildman–Crippen LogP) is 3.13. The van der Waals surface area contributed by atoms with Crippen molar-refractivity contribution in [1.82, 2.24) is 4.90 Å². The van der Waals surface area contributed by atoms with Crippen molar-refractivity contribution in [2.24, 2.45) is 0 Å². The molecule has 4 rings (SSSR count). The summed E-state index contributed by atoms with van der Waals surface area (Å²) in [5.41, 5.74) is 3.42. The first-order valence-corrected chi connectivity index (χ1v) is 9.82. The van der Waals surface area contributed by atoms with Gasteiger partial charge < -0.3 is 15.0 Å². The van der Waals surface area contributed by atoms with Crippen molar-refractivity contribution in [3.8, 4) is 0 Å². The molecule has 0 spiro atoms. The van der Waals surface area contributed by atoms with Crippen LogP contribution in [0, 0.1) is 0 Å². The normalized spacial score (nSPS) is 20.6. The lowest BCUT2D eigenvalue weighted by Gasteiger charge is -2.36. The fourth-order valence-electron chi connectivity index (χ4n) is 3.77. The summed E-state index contributed by atoms with van der Waals surface area (Å²) in [6.45, 7) is 5.87. The fraction of sp³-hybridized carbons (Fsp3) is 0.409. The third kappa shape index (κ3) is 4.67. The molecule has 0 bridgehead atoms. The van der Waals surface area contributed by atoms with E-state index in [-0.39, 0.29) is 12.0 Å². The number of benzene rings is 2. The molecule has 1 amide bonds. The molecule has 2 saturated heterocycles. The van der Waals surface area contributed by atoms with E-state index in [4.69, 9.17) is 4.74 Å². The minimum absolute atomic E-state index is 0.0326. The Kier molecular flexibility index (Phi) is 5.70. The molecule has 0 unspecified atom stereocenters. The summed E-state index contributed by atoms with van der Waals surface area (Å²) >= 11 is 0. The van der Waals surface area contributed by atoms with Gasteiger partial charge in [-0.2, -0.15) is 0 Å². The van der Waals surface area contributed by atoms with Crippen LogP contribution in [0.4, 0.5) is 11.4 Å². The molecule has 27 heavy (non-hydrogen) atoms. The standard InChI is InChI=1S/C22H27N3O2/c26-22(21-7-4-16-27-21)23-19-8-10-20(11-9-19)25-14-12-24(13-15-25)17-18-5-2-1-3-6-18/h1-3,5-6,8-11,21H,4,7,12-17H2,(H,23,26)/t21-/m1/s1. The Bertz CT molecular complexity index is 734. The molecule has 5 heteroatoms. The number of hydrogen-bond donors (Lipinski definition) is 1. The average Bonchev–Trinajstić information content (AvgIpc) is 3.25. The van der Waals surface area contributed by atoms with E-state index in [2.05, 4.69) is 57.6 Å². The van der Waals surface area contributed by atoms with E-state index in [0.29, 0.717) is 6.61 Å². The van der Waals surface area contributed by atoms with Gasteiger partial charge in [0.15, 0.2) is 0 Å². The molecule has 142 valence electrons. The zero-order valence-corrected chi connectivity index (χ0v) is 15.6. The number of hydrogen-bond acceptors (Lipinski definition) is 4. The SMILES string of the molecule is O=C(Nc1ccc(N2CCN(Cc3ccccc3)CC2)cc1)[C@H]1CCCO1. The molecule has 1 atom stereocenters. The first kappa shape index (κ1) is 18.0. The molecular weight excluding hydrogens is 338 g/mol. The zero-order chi connectivity index (χ0) is 18.5. The smallest absolute Gasteiger partial charge is 0.253 e. The predicted molar refractivity (Wildman–Crippen MR) is 108 cm³/mol. The lowest BCUT2D eigenvalue weighted by molar-refractivity contribution is -0.124. The number of ether oxygens (including phenoxy) is 1. The third-order valence-corrected chi connectivity index (χ3v) is 5.34. The third-order valence-electron chi connectivity index (χ3n) is 5.34. The highest BCUT2D eigenvalue weighted by molar-refractivity contribution is 5.94. The molecule has 1 N–H and O–H groups in total. The van der Waals surface area contributed by atoms with Crippen LogP contribution in [0.25, 0.3) is 0 Å².